The molecule has 1 fully saturated rings. The van der Waals surface area contributed by atoms with Crippen molar-refractivity contribution in [2.24, 2.45) is 0 Å². The number of hydrogen-bond acceptors (Lipinski definition) is 4. The molecular formula is C14H23N3O. The van der Waals surface area contributed by atoms with E-state index in [4.69, 9.17) is 10.5 Å². The summed E-state index contributed by atoms with van der Waals surface area (Å²) in [5.41, 5.74) is 6.46. The summed E-state index contributed by atoms with van der Waals surface area (Å²) in [4.78, 5) is 6.78. The van der Waals surface area contributed by atoms with E-state index >= 15 is 0 Å². The number of rotatable bonds is 4. The van der Waals surface area contributed by atoms with Gasteiger partial charge in [-0.1, -0.05) is 19.3 Å². The predicted octanol–water partition coefficient (Wildman–Crippen LogP) is 2.83. The molecule has 0 aliphatic heterocycles. The van der Waals surface area contributed by atoms with Crippen molar-refractivity contribution in [3.63, 3.8) is 0 Å². The molecule has 2 rings (SSSR count). The molecule has 1 aromatic heterocycles. The van der Waals surface area contributed by atoms with Gasteiger partial charge in [-0.05, 0) is 31.9 Å². The minimum atomic E-state index is 0.553. The Kier molecular flexibility index (Phi) is 4.28. The molecule has 4 nitrogen and oxygen atoms in total. The van der Waals surface area contributed by atoms with E-state index < -0.39 is 0 Å². The van der Waals surface area contributed by atoms with Crippen molar-refractivity contribution in [2.45, 2.75) is 45.1 Å². The van der Waals surface area contributed by atoms with Crippen molar-refractivity contribution < 1.29 is 4.74 Å². The van der Waals surface area contributed by atoms with Crippen molar-refractivity contribution in [3.8, 4) is 5.88 Å². The second-order valence-electron chi connectivity index (χ2n) is 4.90. The Morgan fingerprint density at radius 2 is 2.06 bits per heavy atom. The molecule has 0 radical (unpaired) electrons. The van der Waals surface area contributed by atoms with Gasteiger partial charge in [0.05, 0.1) is 12.3 Å². The lowest BCUT2D eigenvalue weighted by atomic mass is 9.94. The Bertz CT molecular complexity index is 389. The first-order valence-corrected chi connectivity index (χ1v) is 6.84. The molecule has 1 aromatic rings. The minimum absolute atomic E-state index is 0.553. The summed E-state index contributed by atoms with van der Waals surface area (Å²) in [6, 6.07) is 4.46. The Morgan fingerprint density at radius 1 is 1.33 bits per heavy atom. The standard InChI is InChI=1S/C14H23N3O/c1-3-18-14-12(15)9-10-13(16-14)17(2)11-7-5-4-6-8-11/h9-11H,3-8,15H2,1-2H3. The van der Waals surface area contributed by atoms with Crippen LogP contribution in [0.5, 0.6) is 5.88 Å². The predicted molar refractivity (Wildman–Crippen MR) is 75.1 cm³/mol. The van der Waals surface area contributed by atoms with Crippen LogP contribution in [0.25, 0.3) is 0 Å². The molecule has 0 amide bonds. The summed E-state index contributed by atoms with van der Waals surface area (Å²) in [5.74, 6) is 1.51. The van der Waals surface area contributed by atoms with E-state index in [0.717, 1.165) is 5.82 Å². The summed E-state index contributed by atoms with van der Waals surface area (Å²) in [6.45, 7) is 2.53. The average Bonchev–Trinajstić information content (AvgIpc) is 2.42. The SMILES string of the molecule is CCOc1nc(N(C)C2CCCCC2)ccc1N. The number of aromatic nitrogens is 1. The molecule has 0 bridgehead atoms. The number of anilines is 2. The smallest absolute Gasteiger partial charge is 0.239 e. The molecule has 1 saturated carbocycles. The van der Waals surface area contributed by atoms with E-state index in [0.29, 0.717) is 24.2 Å². The molecule has 0 spiro atoms. The zero-order chi connectivity index (χ0) is 13.0. The summed E-state index contributed by atoms with van der Waals surface area (Å²) >= 11 is 0. The van der Waals surface area contributed by atoms with E-state index in [1.165, 1.54) is 32.1 Å². The monoisotopic (exact) mass is 249 g/mol. The van der Waals surface area contributed by atoms with Crippen LogP contribution in [0.1, 0.15) is 39.0 Å². The lowest BCUT2D eigenvalue weighted by molar-refractivity contribution is 0.328. The zero-order valence-corrected chi connectivity index (χ0v) is 11.4. The van der Waals surface area contributed by atoms with Crippen molar-refractivity contribution in [1.29, 1.82) is 0 Å². The van der Waals surface area contributed by atoms with Crippen LogP contribution in [0.15, 0.2) is 12.1 Å². The lowest BCUT2D eigenvalue weighted by Crippen LogP contribution is -2.33. The highest BCUT2D eigenvalue weighted by molar-refractivity contribution is 5.54. The van der Waals surface area contributed by atoms with Crippen LogP contribution < -0.4 is 15.4 Å². The van der Waals surface area contributed by atoms with Crippen LogP contribution in [0.3, 0.4) is 0 Å². The molecule has 2 N–H and O–H groups in total. The largest absolute Gasteiger partial charge is 0.476 e. The van der Waals surface area contributed by atoms with E-state index in [2.05, 4.69) is 16.9 Å². The van der Waals surface area contributed by atoms with Crippen molar-refractivity contribution in [3.05, 3.63) is 12.1 Å². The van der Waals surface area contributed by atoms with Gasteiger partial charge in [0.1, 0.15) is 5.82 Å². The first-order valence-electron chi connectivity index (χ1n) is 6.84. The summed E-state index contributed by atoms with van der Waals surface area (Å²) < 4.78 is 5.45. The van der Waals surface area contributed by atoms with Gasteiger partial charge in [-0.25, -0.2) is 0 Å². The fraction of sp³-hybridized carbons (Fsp3) is 0.643. The highest BCUT2D eigenvalue weighted by atomic mass is 16.5. The number of pyridine rings is 1. The number of nitrogen functional groups attached to an aromatic ring is 1. The van der Waals surface area contributed by atoms with E-state index in [9.17, 15) is 0 Å². The lowest BCUT2D eigenvalue weighted by Gasteiger charge is -2.32. The summed E-state index contributed by atoms with van der Waals surface area (Å²) in [6.07, 6.45) is 6.52. The van der Waals surface area contributed by atoms with Crippen LogP contribution in [0.4, 0.5) is 11.5 Å². The van der Waals surface area contributed by atoms with Crippen LogP contribution in [-0.2, 0) is 0 Å². The van der Waals surface area contributed by atoms with Gasteiger partial charge in [0.25, 0.3) is 0 Å². The van der Waals surface area contributed by atoms with Crippen LogP contribution >= 0.6 is 0 Å². The molecule has 1 aliphatic carbocycles. The van der Waals surface area contributed by atoms with Gasteiger partial charge in [0.15, 0.2) is 0 Å². The second-order valence-corrected chi connectivity index (χ2v) is 4.90. The van der Waals surface area contributed by atoms with E-state index in [1.54, 1.807) is 0 Å². The van der Waals surface area contributed by atoms with Gasteiger partial charge in [-0.15, -0.1) is 0 Å². The Balaban J connectivity index is 2.13. The Hall–Kier alpha value is -1.45. The third-order valence-electron chi connectivity index (χ3n) is 3.64. The van der Waals surface area contributed by atoms with Gasteiger partial charge < -0.3 is 15.4 Å². The maximum absolute atomic E-state index is 5.85. The third kappa shape index (κ3) is 2.86. The van der Waals surface area contributed by atoms with Gasteiger partial charge >= 0.3 is 0 Å². The molecule has 0 unspecified atom stereocenters. The summed E-state index contributed by atoms with van der Waals surface area (Å²) in [7, 11) is 2.12. The van der Waals surface area contributed by atoms with Crippen molar-refractivity contribution in [2.75, 3.05) is 24.3 Å². The molecule has 0 aromatic carbocycles. The molecule has 4 heteroatoms. The van der Waals surface area contributed by atoms with Crippen LogP contribution in [-0.4, -0.2) is 24.7 Å². The number of ether oxygens (including phenoxy) is 1. The highest BCUT2D eigenvalue weighted by Crippen LogP contribution is 2.28. The molecule has 0 atom stereocenters. The topological polar surface area (TPSA) is 51.4 Å². The van der Waals surface area contributed by atoms with Gasteiger partial charge in [0, 0.05) is 13.1 Å². The van der Waals surface area contributed by atoms with Crippen molar-refractivity contribution >= 4 is 11.5 Å². The van der Waals surface area contributed by atoms with Crippen LogP contribution in [0.2, 0.25) is 0 Å². The molecular weight excluding hydrogens is 226 g/mol. The number of nitrogens with zero attached hydrogens (tertiary/aromatic N) is 2. The first kappa shape index (κ1) is 13.0. The fourth-order valence-corrected chi connectivity index (χ4v) is 2.55. The maximum atomic E-state index is 5.85. The maximum Gasteiger partial charge on any atom is 0.239 e. The number of nitrogens with two attached hydrogens (primary N) is 1. The quantitative estimate of drug-likeness (QED) is 0.891. The third-order valence-corrected chi connectivity index (χ3v) is 3.64. The van der Waals surface area contributed by atoms with Gasteiger partial charge in [0.2, 0.25) is 5.88 Å². The van der Waals surface area contributed by atoms with Crippen molar-refractivity contribution in [1.82, 2.24) is 4.98 Å². The number of hydrogen-bond donors (Lipinski definition) is 1. The van der Waals surface area contributed by atoms with E-state index in [-0.39, 0.29) is 0 Å². The minimum Gasteiger partial charge on any atom is -0.476 e. The van der Waals surface area contributed by atoms with Gasteiger partial charge in [-0.2, -0.15) is 4.98 Å². The zero-order valence-electron chi connectivity index (χ0n) is 11.4. The van der Waals surface area contributed by atoms with Crippen LogP contribution in [0, 0.1) is 0 Å². The van der Waals surface area contributed by atoms with E-state index in [1.807, 2.05) is 19.1 Å². The highest BCUT2D eigenvalue weighted by Gasteiger charge is 2.19. The average molecular weight is 249 g/mol. The summed E-state index contributed by atoms with van der Waals surface area (Å²) in [5, 5.41) is 0. The fourth-order valence-electron chi connectivity index (χ4n) is 2.55. The normalized spacial score (nSPS) is 16.6. The molecule has 1 aliphatic rings. The molecule has 100 valence electrons. The second kappa shape index (κ2) is 5.94. The molecule has 1 heterocycles. The van der Waals surface area contributed by atoms with Gasteiger partial charge in [-0.3, -0.25) is 0 Å². The molecule has 0 saturated heterocycles. The first-order chi connectivity index (χ1) is 8.72. The molecule has 18 heavy (non-hydrogen) atoms. The Morgan fingerprint density at radius 3 is 2.72 bits per heavy atom. The Labute approximate surface area is 109 Å².